The van der Waals surface area contributed by atoms with E-state index in [1.807, 2.05) is 13.0 Å². The SMILES string of the molecule is Cc1cnnc(OCCOC2CCCCO2)c1. The molecule has 0 saturated carbocycles. The number of nitrogens with zero attached hydrogens (tertiary/aromatic N) is 2. The highest BCUT2D eigenvalue weighted by molar-refractivity contribution is 5.14. The highest BCUT2D eigenvalue weighted by Crippen LogP contribution is 2.13. The van der Waals surface area contributed by atoms with Crippen molar-refractivity contribution in [1.29, 1.82) is 0 Å². The van der Waals surface area contributed by atoms with Gasteiger partial charge in [-0.25, -0.2) is 0 Å². The molecule has 1 atom stereocenters. The number of ether oxygens (including phenoxy) is 3. The molecule has 1 fully saturated rings. The molecule has 5 heteroatoms. The van der Waals surface area contributed by atoms with E-state index < -0.39 is 0 Å². The van der Waals surface area contributed by atoms with E-state index in [9.17, 15) is 0 Å². The molecule has 0 aliphatic carbocycles. The van der Waals surface area contributed by atoms with Crippen LogP contribution in [0.4, 0.5) is 0 Å². The monoisotopic (exact) mass is 238 g/mol. The van der Waals surface area contributed by atoms with E-state index in [0.29, 0.717) is 19.1 Å². The van der Waals surface area contributed by atoms with Crippen molar-refractivity contribution >= 4 is 0 Å². The van der Waals surface area contributed by atoms with Gasteiger partial charge in [0.2, 0.25) is 5.88 Å². The smallest absolute Gasteiger partial charge is 0.233 e. The molecular weight excluding hydrogens is 220 g/mol. The van der Waals surface area contributed by atoms with Crippen molar-refractivity contribution < 1.29 is 14.2 Å². The third-order valence-electron chi connectivity index (χ3n) is 2.54. The predicted octanol–water partition coefficient (Wildman–Crippen LogP) is 1.71. The van der Waals surface area contributed by atoms with Gasteiger partial charge in [0, 0.05) is 12.7 Å². The summed E-state index contributed by atoms with van der Waals surface area (Å²) >= 11 is 0. The van der Waals surface area contributed by atoms with E-state index in [-0.39, 0.29) is 6.29 Å². The number of aryl methyl sites for hydroxylation is 1. The molecule has 1 aliphatic rings. The normalized spacial score (nSPS) is 20.2. The summed E-state index contributed by atoms with van der Waals surface area (Å²) in [6.45, 7) is 3.74. The zero-order chi connectivity index (χ0) is 11.9. The second-order valence-corrected chi connectivity index (χ2v) is 4.09. The van der Waals surface area contributed by atoms with Crippen LogP contribution in [0.25, 0.3) is 0 Å². The molecule has 1 saturated heterocycles. The lowest BCUT2D eigenvalue weighted by Gasteiger charge is -2.22. The third kappa shape index (κ3) is 4.28. The molecule has 0 amide bonds. The summed E-state index contributed by atoms with van der Waals surface area (Å²) in [7, 11) is 0. The first-order chi connectivity index (χ1) is 8.34. The minimum Gasteiger partial charge on any atom is -0.474 e. The van der Waals surface area contributed by atoms with Gasteiger partial charge in [-0.2, -0.15) is 5.10 Å². The first kappa shape index (κ1) is 12.3. The maximum Gasteiger partial charge on any atom is 0.233 e. The molecule has 0 radical (unpaired) electrons. The van der Waals surface area contributed by atoms with E-state index >= 15 is 0 Å². The van der Waals surface area contributed by atoms with Crippen molar-refractivity contribution in [2.75, 3.05) is 19.8 Å². The number of hydrogen-bond acceptors (Lipinski definition) is 5. The van der Waals surface area contributed by atoms with Crippen molar-refractivity contribution in [1.82, 2.24) is 10.2 Å². The van der Waals surface area contributed by atoms with Crippen LogP contribution in [-0.4, -0.2) is 36.3 Å². The number of hydrogen-bond donors (Lipinski definition) is 0. The Morgan fingerprint density at radius 1 is 1.41 bits per heavy atom. The van der Waals surface area contributed by atoms with E-state index in [4.69, 9.17) is 14.2 Å². The fourth-order valence-corrected chi connectivity index (χ4v) is 1.68. The van der Waals surface area contributed by atoms with Gasteiger partial charge in [0.25, 0.3) is 0 Å². The lowest BCUT2D eigenvalue weighted by atomic mass is 10.2. The first-order valence-corrected chi connectivity index (χ1v) is 6.00. The molecule has 94 valence electrons. The number of aromatic nitrogens is 2. The summed E-state index contributed by atoms with van der Waals surface area (Å²) in [6.07, 6.45) is 4.92. The summed E-state index contributed by atoms with van der Waals surface area (Å²) in [4.78, 5) is 0. The zero-order valence-electron chi connectivity index (χ0n) is 10.1. The topological polar surface area (TPSA) is 53.5 Å². The van der Waals surface area contributed by atoms with Crippen LogP contribution in [0, 0.1) is 6.92 Å². The average molecular weight is 238 g/mol. The molecule has 2 rings (SSSR count). The quantitative estimate of drug-likeness (QED) is 0.731. The van der Waals surface area contributed by atoms with Crippen LogP contribution in [-0.2, 0) is 9.47 Å². The molecule has 1 aliphatic heterocycles. The molecule has 17 heavy (non-hydrogen) atoms. The van der Waals surface area contributed by atoms with E-state index in [2.05, 4.69) is 10.2 Å². The van der Waals surface area contributed by atoms with Gasteiger partial charge in [-0.15, -0.1) is 5.10 Å². The van der Waals surface area contributed by atoms with Gasteiger partial charge >= 0.3 is 0 Å². The van der Waals surface area contributed by atoms with Crippen LogP contribution in [0.3, 0.4) is 0 Å². The first-order valence-electron chi connectivity index (χ1n) is 6.00. The van der Waals surface area contributed by atoms with Gasteiger partial charge in [-0.3, -0.25) is 0 Å². The van der Waals surface area contributed by atoms with Crippen LogP contribution in [0.2, 0.25) is 0 Å². The van der Waals surface area contributed by atoms with Crippen LogP contribution in [0.1, 0.15) is 24.8 Å². The minimum atomic E-state index is -0.0593. The zero-order valence-corrected chi connectivity index (χ0v) is 10.1. The van der Waals surface area contributed by atoms with Crippen molar-refractivity contribution in [3.63, 3.8) is 0 Å². The highest BCUT2D eigenvalue weighted by Gasteiger charge is 2.13. The second kappa shape index (κ2) is 6.51. The lowest BCUT2D eigenvalue weighted by molar-refractivity contribution is -0.165. The Morgan fingerprint density at radius 2 is 2.35 bits per heavy atom. The maximum absolute atomic E-state index is 5.54. The molecule has 0 bridgehead atoms. The fourth-order valence-electron chi connectivity index (χ4n) is 1.68. The van der Waals surface area contributed by atoms with Gasteiger partial charge in [0.1, 0.15) is 6.61 Å². The molecule has 1 aromatic heterocycles. The summed E-state index contributed by atoms with van der Waals surface area (Å²) in [5.74, 6) is 0.540. The fraction of sp³-hybridized carbons (Fsp3) is 0.667. The second-order valence-electron chi connectivity index (χ2n) is 4.09. The summed E-state index contributed by atoms with van der Waals surface area (Å²) in [6, 6.07) is 1.85. The van der Waals surface area contributed by atoms with Crippen molar-refractivity contribution in [2.45, 2.75) is 32.5 Å². The largest absolute Gasteiger partial charge is 0.474 e. The molecule has 2 heterocycles. The molecule has 0 spiro atoms. The standard InChI is InChI=1S/C12H18N2O3/c1-10-8-11(14-13-9-10)15-6-7-17-12-4-2-3-5-16-12/h8-9,12H,2-7H2,1H3. The predicted molar refractivity (Wildman–Crippen MR) is 61.8 cm³/mol. The Hall–Kier alpha value is -1.20. The number of rotatable bonds is 5. The highest BCUT2D eigenvalue weighted by atomic mass is 16.7. The van der Waals surface area contributed by atoms with Crippen LogP contribution >= 0.6 is 0 Å². The Kier molecular flexibility index (Phi) is 4.70. The Balaban J connectivity index is 1.62. The van der Waals surface area contributed by atoms with Gasteiger partial charge in [0.05, 0.1) is 12.8 Å². The van der Waals surface area contributed by atoms with Gasteiger partial charge in [0.15, 0.2) is 6.29 Å². The Morgan fingerprint density at radius 3 is 3.12 bits per heavy atom. The molecule has 0 aromatic carbocycles. The van der Waals surface area contributed by atoms with Crippen molar-refractivity contribution in [2.24, 2.45) is 0 Å². The summed E-state index contributed by atoms with van der Waals surface area (Å²) < 4.78 is 16.4. The van der Waals surface area contributed by atoms with Crippen LogP contribution < -0.4 is 4.74 Å². The maximum atomic E-state index is 5.54. The van der Waals surface area contributed by atoms with E-state index in [0.717, 1.165) is 25.0 Å². The lowest BCUT2D eigenvalue weighted by Crippen LogP contribution is -2.24. The summed E-state index contributed by atoms with van der Waals surface area (Å²) in [5.41, 5.74) is 1.03. The molecular formula is C12H18N2O3. The molecule has 5 nitrogen and oxygen atoms in total. The average Bonchev–Trinajstić information content (AvgIpc) is 2.36. The van der Waals surface area contributed by atoms with Crippen molar-refractivity contribution in [3.05, 3.63) is 17.8 Å². The van der Waals surface area contributed by atoms with Gasteiger partial charge in [-0.1, -0.05) is 0 Å². The Bertz CT molecular complexity index is 340. The van der Waals surface area contributed by atoms with Gasteiger partial charge in [-0.05, 0) is 31.7 Å². The minimum absolute atomic E-state index is 0.0593. The van der Waals surface area contributed by atoms with Crippen LogP contribution in [0.5, 0.6) is 5.88 Å². The third-order valence-corrected chi connectivity index (χ3v) is 2.54. The van der Waals surface area contributed by atoms with Crippen LogP contribution in [0.15, 0.2) is 12.3 Å². The Labute approximate surface area is 101 Å². The molecule has 0 N–H and O–H groups in total. The van der Waals surface area contributed by atoms with E-state index in [1.165, 1.54) is 6.42 Å². The van der Waals surface area contributed by atoms with Gasteiger partial charge < -0.3 is 14.2 Å². The van der Waals surface area contributed by atoms with E-state index in [1.54, 1.807) is 6.20 Å². The molecule has 1 aromatic rings. The summed E-state index contributed by atoms with van der Waals surface area (Å²) in [5, 5.41) is 7.68. The molecule has 1 unspecified atom stereocenters. The van der Waals surface area contributed by atoms with Crippen molar-refractivity contribution in [3.8, 4) is 5.88 Å².